The van der Waals surface area contributed by atoms with E-state index < -0.39 is 10.0 Å². The number of nitrogens with two attached hydrogens (primary N) is 1. The molecular formula is C11H13N3O3S2. The second kappa shape index (κ2) is 5.06. The van der Waals surface area contributed by atoms with E-state index in [1.165, 1.54) is 19.4 Å². The molecule has 0 atom stereocenters. The van der Waals surface area contributed by atoms with E-state index in [0.29, 0.717) is 16.4 Å². The molecule has 0 fully saturated rings. The Morgan fingerprint density at radius 1 is 1.42 bits per heavy atom. The molecule has 2 rings (SSSR count). The molecule has 0 aliphatic rings. The quantitative estimate of drug-likeness (QED) is 0.840. The van der Waals surface area contributed by atoms with Crippen molar-refractivity contribution in [3.05, 3.63) is 29.4 Å². The second-order valence-electron chi connectivity index (χ2n) is 3.76. The zero-order chi connectivity index (χ0) is 14.0. The summed E-state index contributed by atoms with van der Waals surface area (Å²) >= 11 is 1.10. The number of sulfonamides is 1. The Hall–Kier alpha value is -1.80. The van der Waals surface area contributed by atoms with Crippen molar-refractivity contribution in [2.75, 3.05) is 17.6 Å². The van der Waals surface area contributed by atoms with Crippen molar-refractivity contribution in [3.63, 3.8) is 0 Å². The molecule has 0 saturated carbocycles. The van der Waals surface area contributed by atoms with Gasteiger partial charge in [0, 0.05) is 6.07 Å². The molecule has 0 aliphatic heterocycles. The van der Waals surface area contributed by atoms with Crippen molar-refractivity contribution in [2.45, 2.75) is 11.1 Å². The van der Waals surface area contributed by atoms with Crippen molar-refractivity contribution in [2.24, 2.45) is 0 Å². The van der Waals surface area contributed by atoms with Gasteiger partial charge in [-0.3, -0.25) is 4.72 Å². The molecule has 0 spiro atoms. The maximum absolute atomic E-state index is 12.1. The maximum Gasteiger partial charge on any atom is 0.273 e. The van der Waals surface area contributed by atoms with E-state index in [1.807, 2.05) is 0 Å². The van der Waals surface area contributed by atoms with Crippen molar-refractivity contribution < 1.29 is 13.2 Å². The number of ether oxygens (including phenoxy) is 1. The van der Waals surface area contributed by atoms with Gasteiger partial charge in [0.05, 0.1) is 29.7 Å². The van der Waals surface area contributed by atoms with Crippen LogP contribution in [0.15, 0.2) is 28.6 Å². The first-order valence-electron chi connectivity index (χ1n) is 5.31. The zero-order valence-corrected chi connectivity index (χ0v) is 12.0. The maximum atomic E-state index is 12.1. The van der Waals surface area contributed by atoms with Gasteiger partial charge in [-0.15, -0.1) is 11.3 Å². The van der Waals surface area contributed by atoms with Crippen molar-refractivity contribution in [1.82, 2.24) is 4.98 Å². The summed E-state index contributed by atoms with van der Waals surface area (Å²) in [5.41, 5.74) is 6.35. The fourth-order valence-corrected chi connectivity index (χ4v) is 3.60. The average molecular weight is 299 g/mol. The topological polar surface area (TPSA) is 94.3 Å². The number of hydrogen-bond donors (Lipinski definition) is 2. The number of hydrogen-bond acceptors (Lipinski definition) is 6. The summed E-state index contributed by atoms with van der Waals surface area (Å²) in [6.07, 6.45) is 1.32. The summed E-state index contributed by atoms with van der Waals surface area (Å²) in [6.45, 7) is 1.74. The zero-order valence-electron chi connectivity index (χ0n) is 10.4. The van der Waals surface area contributed by atoms with Crippen LogP contribution in [0.1, 0.15) is 5.01 Å². The first-order valence-corrected chi connectivity index (χ1v) is 7.61. The molecule has 1 heterocycles. The molecule has 0 aliphatic carbocycles. The summed E-state index contributed by atoms with van der Waals surface area (Å²) < 4.78 is 31.9. The predicted molar refractivity (Wildman–Crippen MR) is 75.1 cm³/mol. The normalized spacial score (nSPS) is 11.3. The third-order valence-electron chi connectivity index (χ3n) is 2.37. The Labute approximate surface area is 115 Å². The monoisotopic (exact) mass is 299 g/mol. The molecule has 2 aromatic rings. The highest BCUT2D eigenvalue weighted by molar-refractivity contribution is 7.94. The van der Waals surface area contributed by atoms with E-state index in [9.17, 15) is 8.42 Å². The fraction of sp³-hybridized carbons (Fsp3) is 0.182. The van der Waals surface area contributed by atoms with E-state index in [0.717, 1.165) is 11.3 Å². The van der Waals surface area contributed by atoms with Crippen molar-refractivity contribution >= 4 is 32.7 Å². The summed E-state index contributed by atoms with van der Waals surface area (Å²) in [6, 6.07) is 4.76. The molecule has 8 heteroatoms. The number of thiazole rings is 1. The van der Waals surface area contributed by atoms with Crippen LogP contribution in [-0.4, -0.2) is 20.5 Å². The molecule has 0 unspecified atom stereocenters. The molecule has 3 N–H and O–H groups in total. The number of nitrogens with zero attached hydrogens (tertiary/aromatic N) is 1. The van der Waals surface area contributed by atoms with Crippen LogP contribution in [0.25, 0.3) is 0 Å². The summed E-state index contributed by atoms with van der Waals surface area (Å²) in [7, 11) is -2.17. The van der Waals surface area contributed by atoms with Gasteiger partial charge >= 0.3 is 0 Å². The van der Waals surface area contributed by atoms with Gasteiger partial charge in [0.1, 0.15) is 5.75 Å². The van der Waals surface area contributed by atoms with Gasteiger partial charge in [0.25, 0.3) is 10.0 Å². The highest BCUT2D eigenvalue weighted by Gasteiger charge is 2.18. The summed E-state index contributed by atoms with van der Waals surface area (Å²) in [5, 5.41) is 0.680. The lowest BCUT2D eigenvalue weighted by Gasteiger charge is -2.10. The highest BCUT2D eigenvalue weighted by Crippen LogP contribution is 2.28. The van der Waals surface area contributed by atoms with Crippen LogP contribution in [0, 0.1) is 6.92 Å². The number of methoxy groups -OCH3 is 1. The third-order valence-corrected chi connectivity index (χ3v) is 5.11. The Morgan fingerprint density at radius 3 is 2.74 bits per heavy atom. The fourth-order valence-electron chi connectivity index (χ4n) is 1.41. The van der Waals surface area contributed by atoms with Crippen molar-refractivity contribution in [3.8, 4) is 5.75 Å². The van der Waals surface area contributed by atoms with Crippen LogP contribution in [-0.2, 0) is 10.0 Å². The Morgan fingerprint density at radius 2 is 2.16 bits per heavy atom. The van der Waals surface area contributed by atoms with Gasteiger partial charge in [0.15, 0.2) is 4.21 Å². The molecule has 6 nitrogen and oxygen atoms in total. The van der Waals surface area contributed by atoms with Gasteiger partial charge in [-0.25, -0.2) is 13.4 Å². The van der Waals surface area contributed by atoms with Gasteiger partial charge in [-0.1, -0.05) is 0 Å². The van der Waals surface area contributed by atoms with Crippen LogP contribution < -0.4 is 15.2 Å². The predicted octanol–water partition coefficient (Wildman–Crippen LogP) is 1.84. The summed E-state index contributed by atoms with van der Waals surface area (Å²) in [4.78, 5) is 3.92. The van der Waals surface area contributed by atoms with Gasteiger partial charge in [-0.05, 0) is 19.1 Å². The van der Waals surface area contributed by atoms with Gasteiger partial charge in [-0.2, -0.15) is 0 Å². The van der Waals surface area contributed by atoms with Crippen LogP contribution in [0.2, 0.25) is 0 Å². The SMILES string of the molecule is COc1ccc(N)c(NS(=O)(=O)c2cnc(C)s2)c1. The van der Waals surface area contributed by atoms with Crippen LogP contribution >= 0.6 is 11.3 Å². The van der Waals surface area contributed by atoms with Crippen LogP contribution in [0.3, 0.4) is 0 Å². The minimum Gasteiger partial charge on any atom is -0.497 e. The lowest BCUT2D eigenvalue weighted by Crippen LogP contribution is -2.13. The molecule has 0 bridgehead atoms. The first kappa shape index (κ1) is 13.6. The lowest BCUT2D eigenvalue weighted by molar-refractivity contribution is 0.415. The van der Waals surface area contributed by atoms with Crippen molar-refractivity contribution in [1.29, 1.82) is 0 Å². The van der Waals surface area contributed by atoms with Gasteiger partial charge < -0.3 is 10.5 Å². The number of nitrogen functional groups attached to an aromatic ring is 1. The third kappa shape index (κ3) is 2.96. The van der Waals surface area contributed by atoms with E-state index >= 15 is 0 Å². The second-order valence-corrected chi connectivity index (χ2v) is 6.90. The Kier molecular flexibility index (Phi) is 3.63. The highest BCUT2D eigenvalue weighted by atomic mass is 32.2. The molecule has 19 heavy (non-hydrogen) atoms. The number of rotatable bonds is 4. The Bertz CT molecular complexity index is 695. The first-order chi connectivity index (χ1) is 8.92. The lowest BCUT2D eigenvalue weighted by atomic mass is 10.2. The van der Waals surface area contributed by atoms with E-state index in [4.69, 9.17) is 10.5 Å². The average Bonchev–Trinajstić information content (AvgIpc) is 2.79. The van der Waals surface area contributed by atoms with Crippen LogP contribution in [0.4, 0.5) is 11.4 Å². The van der Waals surface area contributed by atoms with Gasteiger partial charge in [0.2, 0.25) is 0 Å². The molecule has 102 valence electrons. The smallest absolute Gasteiger partial charge is 0.273 e. The number of anilines is 2. The van der Waals surface area contributed by atoms with Crippen LogP contribution in [0.5, 0.6) is 5.75 Å². The minimum atomic E-state index is -3.67. The largest absolute Gasteiger partial charge is 0.497 e. The molecule has 0 radical (unpaired) electrons. The number of nitrogens with one attached hydrogen (secondary N) is 1. The Balaban J connectivity index is 2.35. The summed E-state index contributed by atoms with van der Waals surface area (Å²) in [5.74, 6) is 0.521. The van der Waals surface area contributed by atoms with E-state index in [1.54, 1.807) is 19.1 Å². The minimum absolute atomic E-state index is 0.146. The number of aryl methyl sites for hydroxylation is 1. The van der Waals surface area contributed by atoms with E-state index in [2.05, 4.69) is 9.71 Å². The molecule has 1 aromatic heterocycles. The van der Waals surface area contributed by atoms with E-state index in [-0.39, 0.29) is 9.90 Å². The molecule has 0 saturated heterocycles. The molecular weight excluding hydrogens is 286 g/mol. The standard InChI is InChI=1S/C11H13N3O3S2/c1-7-13-6-11(18-7)19(15,16)14-10-5-8(17-2)3-4-9(10)12/h3-6,14H,12H2,1-2H3. The molecule has 1 aromatic carbocycles. The molecule has 0 amide bonds. The number of aromatic nitrogens is 1. The number of benzene rings is 1.